The maximum absolute atomic E-state index is 13.1. The van der Waals surface area contributed by atoms with Gasteiger partial charge in [-0.05, 0) is 36.4 Å². The average molecular weight is 330 g/mol. The zero-order chi connectivity index (χ0) is 16.4. The summed E-state index contributed by atoms with van der Waals surface area (Å²) in [4.78, 5) is 9.28. The number of nitrogens with zero attached hydrogens (tertiary/aromatic N) is 2. The topological polar surface area (TPSA) is 58.9 Å². The van der Waals surface area contributed by atoms with Gasteiger partial charge < -0.3 is 0 Å². The first kappa shape index (κ1) is 15.6. The summed E-state index contributed by atoms with van der Waals surface area (Å²) in [5, 5.41) is 0. The van der Waals surface area contributed by atoms with Crippen molar-refractivity contribution in [3.05, 3.63) is 65.5 Å². The molecule has 0 atom stereocenters. The number of halogens is 1. The molecule has 2 aromatic rings. The molecule has 2 aromatic carbocycles. The van der Waals surface area contributed by atoms with Gasteiger partial charge >= 0.3 is 0 Å². The van der Waals surface area contributed by atoms with Crippen LogP contribution in [0.25, 0.3) is 0 Å². The van der Waals surface area contributed by atoms with Crippen LogP contribution in [0.4, 0.5) is 4.39 Å². The van der Waals surface area contributed by atoms with Crippen molar-refractivity contribution in [3.63, 3.8) is 0 Å². The molecule has 1 heterocycles. The largest absolute Gasteiger partial charge is 0.281 e. The van der Waals surface area contributed by atoms with Crippen LogP contribution in [0.2, 0.25) is 0 Å². The maximum Gasteiger partial charge on any atom is 0.175 e. The van der Waals surface area contributed by atoms with Crippen LogP contribution in [0.5, 0.6) is 0 Å². The Labute approximate surface area is 134 Å². The molecule has 0 aromatic heterocycles. The molecule has 0 aliphatic carbocycles. The van der Waals surface area contributed by atoms with Gasteiger partial charge in [-0.25, -0.2) is 12.8 Å². The maximum atomic E-state index is 13.1. The predicted octanol–water partition coefficient (Wildman–Crippen LogP) is 2.52. The van der Waals surface area contributed by atoms with Crippen molar-refractivity contribution < 1.29 is 12.8 Å². The minimum atomic E-state index is -3.23. The third-order valence-electron chi connectivity index (χ3n) is 3.54. The molecule has 0 fully saturated rings. The number of rotatable bonds is 3. The quantitative estimate of drug-likeness (QED) is 0.868. The highest BCUT2D eigenvalue weighted by Crippen LogP contribution is 2.16. The van der Waals surface area contributed by atoms with Gasteiger partial charge in [-0.1, -0.05) is 12.1 Å². The summed E-state index contributed by atoms with van der Waals surface area (Å²) < 4.78 is 36.2. The molecule has 0 saturated heterocycles. The molecule has 3 rings (SSSR count). The molecule has 6 heteroatoms. The SMILES string of the molecule is CS(=O)(=O)c1ccc(C2=NCCN=C2c2ccc(F)cc2)cc1. The van der Waals surface area contributed by atoms with Gasteiger partial charge in [0.2, 0.25) is 0 Å². The van der Waals surface area contributed by atoms with Gasteiger partial charge in [0.15, 0.2) is 9.84 Å². The molecule has 118 valence electrons. The van der Waals surface area contributed by atoms with Gasteiger partial charge in [0.1, 0.15) is 5.82 Å². The van der Waals surface area contributed by atoms with E-state index >= 15 is 0 Å². The highest BCUT2D eigenvalue weighted by atomic mass is 32.2. The molecule has 0 radical (unpaired) electrons. The van der Waals surface area contributed by atoms with Crippen molar-refractivity contribution in [2.75, 3.05) is 19.3 Å². The summed E-state index contributed by atoms with van der Waals surface area (Å²) in [6.07, 6.45) is 1.17. The van der Waals surface area contributed by atoms with E-state index in [1.807, 2.05) is 0 Å². The zero-order valence-electron chi connectivity index (χ0n) is 12.5. The Hall–Kier alpha value is -2.34. The van der Waals surface area contributed by atoms with Crippen LogP contribution < -0.4 is 0 Å². The lowest BCUT2D eigenvalue weighted by atomic mass is 9.98. The summed E-state index contributed by atoms with van der Waals surface area (Å²) in [6, 6.07) is 12.7. The summed E-state index contributed by atoms with van der Waals surface area (Å²) in [5.74, 6) is -0.304. The van der Waals surface area contributed by atoms with Crippen molar-refractivity contribution in [2.45, 2.75) is 4.90 Å². The molecule has 23 heavy (non-hydrogen) atoms. The normalized spacial score (nSPS) is 15.0. The van der Waals surface area contributed by atoms with Crippen LogP contribution in [0.3, 0.4) is 0 Å². The Kier molecular flexibility index (Phi) is 4.09. The second-order valence-corrected chi connectivity index (χ2v) is 7.28. The Bertz CT molecular complexity index is 883. The molecule has 0 unspecified atom stereocenters. The predicted molar refractivity (Wildman–Crippen MR) is 88.8 cm³/mol. The fraction of sp³-hybridized carbons (Fsp3) is 0.176. The first-order chi connectivity index (χ1) is 10.9. The number of benzene rings is 2. The standard InChI is InChI=1S/C17H15FN2O2S/c1-23(21,22)15-8-4-13(5-9-15)17-16(19-10-11-20-17)12-2-6-14(18)7-3-12/h2-9H,10-11H2,1H3. The molecule has 1 aliphatic rings. The minimum Gasteiger partial charge on any atom is -0.281 e. The van der Waals surface area contributed by atoms with Gasteiger partial charge in [0, 0.05) is 17.4 Å². The Balaban J connectivity index is 1.99. The highest BCUT2D eigenvalue weighted by Gasteiger charge is 2.17. The molecule has 1 aliphatic heterocycles. The highest BCUT2D eigenvalue weighted by molar-refractivity contribution is 7.90. The van der Waals surface area contributed by atoms with Crippen LogP contribution in [-0.4, -0.2) is 39.2 Å². The number of hydrogen-bond acceptors (Lipinski definition) is 4. The lowest BCUT2D eigenvalue weighted by molar-refractivity contribution is 0.602. The average Bonchev–Trinajstić information content (AvgIpc) is 2.55. The van der Waals surface area contributed by atoms with Gasteiger partial charge in [-0.15, -0.1) is 0 Å². The molecule has 0 amide bonds. The third-order valence-corrected chi connectivity index (χ3v) is 4.67. The zero-order valence-corrected chi connectivity index (χ0v) is 13.3. The van der Waals surface area contributed by atoms with Crippen molar-refractivity contribution in [3.8, 4) is 0 Å². The summed E-state index contributed by atoms with van der Waals surface area (Å²) in [7, 11) is -3.23. The van der Waals surface area contributed by atoms with Crippen molar-refractivity contribution >= 4 is 21.3 Å². The molecule has 0 bridgehead atoms. The summed E-state index contributed by atoms with van der Waals surface area (Å²) >= 11 is 0. The molecule has 0 spiro atoms. The monoisotopic (exact) mass is 330 g/mol. The van der Waals surface area contributed by atoms with Crippen LogP contribution in [0.1, 0.15) is 11.1 Å². The van der Waals surface area contributed by atoms with E-state index in [0.717, 1.165) is 11.1 Å². The van der Waals surface area contributed by atoms with Crippen LogP contribution >= 0.6 is 0 Å². The summed E-state index contributed by atoms with van der Waals surface area (Å²) in [5.41, 5.74) is 2.98. The second-order valence-electron chi connectivity index (χ2n) is 5.26. The van der Waals surface area contributed by atoms with Crippen LogP contribution in [-0.2, 0) is 9.84 Å². The van der Waals surface area contributed by atoms with Crippen LogP contribution in [0, 0.1) is 5.82 Å². The molecular weight excluding hydrogens is 315 g/mol. The molecular formula is C17H15FN2O2S. The van der Waals surface area contributed by atoms with E-state index in [9.17, 15) is 12.8 Å². The van der Waals surface area contributed by atoms with Gasteiger partial charge in [-0.3, -0.25) is 9.98 Å². The van der Waals surface area contributed by atoms with Crippen molar-refractivity contribution in [1.29, 1.82) is 0 Å². The van der Waals surface area contributed by atoms with E-state index in [2.05, 4.69) is 9.98 Å². The lowest BCUT2D eigenvalue weighted by Gasteiger charge is -2.15. The van der Waals surface area contributed by atoms with Gasteiger partial charge in [0.05, 0.1) is 29.4 Å². The van der Waals surface area contributed by atoms with E-state index in [1.54, 1.807) is 36.4 Å². The van der Waals surface area contributed by atoms with Gasteiger partial charge in [-0.2, -0.15) is 0 Å². The fourth-order valence-electron chi connectivity index (χ4n) is 2.40. The van der Waals surface area contributed by atoms with Crippen molar-refractivity contribution in [1.82, 2.24) is 0 Å². The minimum absolute atomic E-state index is 0.262. The smallest absolute Gasteiger partial charge is 0.175 e. The summed E-state index contributed by atoms with van der Waals surface area (Å²) in [6.45, 7) is 1.16. The number of hydrogen-bond donors (Lipinski definition) is 0. The van der Waals surface area contributed by atoms with Gasteiger partial charge in [0.25, 0.3) is 0 Å². The lowest BCUT2D eigenvalue weighted by Crippen LogP contribution is -2.22. The fourth-order valence-corrected chi connectivity index (χ4v) is 3.03. The molecule has 4 nitrogen and oxygen atoms in total. The van der Waals surface area contributed by atoms with E-state index in [0.29, 0.717) is 24.5 Å². The Morgan fingerprint density at radius 2 is 1.26 bits per heavy atom. The third kappa shape index (κ3) is 3.37. The van der Waals surface area contributed by atoms with Crippen LogP contribution in [0.15, 0.2) is 63.4 Å². The van der Waals surface area contributed by atoms with E-state index < -0.39 is 9.84 Å². The number of aliphatic imine (C=N–C) groups is 2. The second kappa shape index (κ2) is 6.04. The Morgan fingerprint density at radius 1 is 0.826 bits per heavy atom. The van der Waals surface area contributed by atoms with E-state index in [-0.39, 0.29) is 10.7 Å². The van der Waals surface area contributed by atoms with Crippen molar-refractivity contribution in [2.24, 2.45) is 9.98 Å². The van der Waals surface area contributed by atoms with E-state index in [4.69, 9.17) is 0 Å². The first-order valence-electron chi connectivity index (χ1n) is 7.11. The Morgan fingerprint density at radius 3 is 1.70 bits per heavy atom. The van der Waals surface area contributed by atoms with E-state index in [1.165, 1.54) is 18.4 Å². The molecule has 0 N–H and O–H groups in total. The number of sulfone groups is 1. The first-order valence-corrected chi connectivity index (χ1v) is 9.00. The molecule has 0 saturated carbocycles.